The zero-order chi connectivity index (χ0) is 22.1. The first-order valence-electron chi connectivity index (χ1n) is 12.2. The van der Waals surface area contributed by atoms with Crippen LogP contribution in [0.5, 0.6) is 0 Å². The molecule has 170 valence electrons. The quantitative estimate of drug-likeness (QED) is 0.678. The van der Waals surface area contributed by atoms with E-state index in [-0.39, 0.29) is 17.3 Å². The van der Waals surface area contributed by atoms with Crippen molar-refractivity contribution in [2.45, 2.75) is 70.0 Å². The molecule has 32 heavy (non-hydrogen) atoms. The molecular formula is C26H32FN3O2. The van der Waals surface area contributed by atoms with Gasteiger partial charge < -0.3 is 10.2 Å². The third kappa shape index (κ3) is 2.88. The van der Waals surface area contributed by atoms with Crippen molar-refractivity contribution in [3.63, 3.8) is 0 Å². The Bertz CT molecular complexity index is 1050. The van der Waals surface area contributed by atoms with Crippen molar-refractivity contribution >= 4 is 0 Å². The first kappa shape index (κ1) is 20.5. The van der Waals surface area contributed by atoms with Gasteiger partial charge in [-0.3, -0.25) is 0 Å². The molecule has 0 amide bonds. The van der Waals surface area contributed by atoms with Crippen LogP contribution in [0.2, 0.25) is 0 Å². The number of allylic oxidation sites excluding steroid dienone is 1. The minimum absolute atomic E-state index is 0.215. The minimum atomic E-state index is -0.986. The van der Waals surface area contributed by atoms with Crippen LogP contribution in [-0.2, 0) is 5.60 Å². The molecule has 0 bridgehead atoms. The van der Waals surface area contributed by atoms with Gasteiger partial charge in [0.1, 0.15) is 17.1 Å². The zero-order valence-electron chi connectivity index (χ0n) is 18.6. The monoisotopic (exact) mass is 437 g/mol. The SMILES string of the molecule is C[C@]12CCC3C4CCC(O)C=C4CCC3C1CC[C@@]2(O)c1cn(-c2ccc(F)cc2)nn1. The summed E-state index contributed by atoms with van der Waals surface area (Å²) >= 11 is 0. The normalized spacial score (nSPS) is 40.9. The molecule has 3 fully saturated rings. The van der Waals surface area contributed by atoms with Gasteiger partial charge in [0.25, 0.3) is 0 Å². The predicted molar refractivity (Wildman–Crippen MR) is 118 cm³/mol. The van der Waals surface area contributed by atoms with E-state index in [0.29, 0.717) is 35.8 Å². The topological polar surface area (TPSA) is 71.2 Å². The van der Waals surface area contributed by atoms with Crippen molar-refractivity contribution in [1.82, 2.24) is 15.0 Å². The maximum atomic E-state index is 13.3. The van der Waals surface area contributed by atoms with E-state index < -0.39 is 5.60 Å². The molecule has 1 heterocycles. The van der Waals surface area contributed by atoms with E-state index in [1.807, 2.05) is 6.20 Å². The van der Waals surface area contributed by atoms with Crippen LogP contribution in [0.4, 0.5) is 4.39 Å². The fourth-order valence-electron chi connectivity index (χ4n) is 7.92. The smallest absolute Gasteiger partial charge is 0.123 e. The molecule has 0 radical (unpaired) electrons. The van der Waals surface area contributed by atoms with Gasteiger partial charge in [0.2, 0.25) is 0 Å². The zero-order valence-corrected chi connectivity index (χ0v) is 18.6. The summed E-state index contributed by atoms with van der Waals surface area (Å²) in [5, 5.41) is 30.8. The summed E-state index contributed by atoms with van der Waals surface area (Å²) in [7, 11) is 0. The number of rotatable bonds is 2. The second-order valence-electron chi connectivity index (χ2n) is 10.8. The van der Waals surface area contributed by atoms with Crippen molar-refractivity contribution in [1.29, 1.82) is 0 Å². The highest BCUT2D eigenvalue weighted by Gasteiger charge is 2.63. The van der Waals surface area contributed by atoms with Crippen LogP contribution >= 0.6 is 0 Å². The van der Waals surface area contributed by atoms with Crippen molar-refractivity contribution < 1.29 is 14.6 Å². The van der Waals surface area contributed by atoms with Gasteiger partial charge in [-0.2, -0.15) is 0 Å². The second kappa shape index (κ2) is 7.22. The summed E-state index contributed by atoms with van der Waals surface area (Å²) in [6.07, 6.45) is 11.8. The Morgan fingerprint density at radius 1 is 1.03 bits per heavy atom. The van der Waals surface area contributed by atoms with E-state index in [1.54, 1.807) is 16.8 Å². The van der Waals surface area contributed by atoms with Gasteiger partial charge in [0.05, 0.1) is 18.0 Å². The summed E-state index contributed by atoms with van der Waals surface area (Å²) in [5.74, 6) is 2.13. The molecule has 7 atom stereocenters. The Balaban J connectivity index is 1.29. The van der Waals surface area contributed by atoms with E-state index in [1.165, 1.54) is 24.1 Å². The molecule has 3 saturated carbocycles. The van der Waals surface area contributed by atoms with Crippen LogP contribution in [0.15, 0.2) is 42.1 Å². The van der Waals surface area contributed by atoms with Crippen molar-refractivity contribution in [3.8, 4) is 5.69 Å². The lowest BCUT2D eigenvalue weighted by Crippen LogP contribution is -2.51. The molecule has 4 aliphatic rings. The number of aliphatic hydroxyl groups excluding tert-OH is 1. The summed E-state index contributed by atoms with van der Waals surface area (Å²) in [6, 6.07) is 6.18. The molecule has 5 unspecified atom stereocenters. The minimum Gasteiger partial charge on any atom is -0.389 e. The fourth-order valence-corrected chi connectivity index (χ4v) is 7.92. The van der Waals surface area contributed by atoms with Crippen molar-refractivity contribution in [2.75, 3.05) is 0 Å². The van der Waals surface area contributed by atoms with Gasteiger partial charge in [0, 0.05) is 5.41 Å². The summed E-state index contributed by atoms with van der Waals surface area (Å²) in [6.45, 7) is 2.27. The largest absolute Gasteiger partial charge is 0.389 e. The van der Waals surface area contributed by atoms with Crippen LogP contribution in [0.3, 0.4) is 0 Å². The summed E-state index contributed by atoms with van der Waals surface area (Å²) in [4.78, 5) is 0. The highest BCUT2D eigenvalue weighted by molar-refractivity contribution is 5.32. The Morgan fingerprint density at radius 2 is 1.84 bits per heavy atom. The number of hydrogen-bond acceptors (Lipinski definition) is 4. The van der Waals surface area contributed by atoms with Crippen molar-refractivity contribution in [3.05, 3.63) is 53.6 Å². The van der Waals surface area contributed by atoms with E-state index in [9.17, 15) is 14.6 Å². The molecular weight excluding hydrogens is 405 g/mol. The first-order valence-corrected chi connectivity index (χ1v) is 12.2. The Kier molecular flexibility index (Phi) is 4.64. The number of aromatic nitrogens is 3. The number of fused-ring (bicyclic) bond motifs is 5. The van der Waals surface area contributed by atoms with E-state index in [4.69, 9.17) is 0 Å². The average molecular weight is 438 g/mol. The summed E-state index contributed by atoms with van der Waals surface area (Å²) < 4.78 is 14.9. The maximum Gasteiger partial charge on any atom is 0.123 e. The molecule has 6 rings (SSSR count). The molecule has 6 heteroatoms. The third-order valence-corrected chi connectivity index (χ3v) is 9.59. The summed E-state index contributed by atoms with van der Waals surface area (Å²) in [5.41, 5.74) is 1.67. The second-order valence-corrected chi connectivity index (χ2v) is 10.8. The van der Waals surface area contributed by atoms with Crippen molar-refractivity contribution in [2.24, 2.45) is 29.1 Å². The van der Waals surface area contributed by atoms with Crippen LogP contribution in [0.25, 0.3) is 5.69 Å². The molecule has 2 aromatic rings. The highest BCUT2D eigenvalue weighted by Crippen LogP contribution is 2.67. The van der Waals surface area contributed by atoms with E-state index in [0.717, 1.165) is 44.2 Å². The van der Waals surface area contributed by atoms with Crippen LogP contribution in [-0.4, -0.2) is 31.3 Å². The Hall–Kier alpha value is -2.05. The van der Waals surface area contributed by atoms with E-state index in [2.05, 4.69) is 23.3 Å². The molecule has 2 N–H and O–H groups in total. The van der Waals surface area contributed by atoms with Crippen LogP contribution in [0, 0.1) is 34.9 Å². The lowest BCUT2D eigenvalue weighted by atomic mass is 9.50. The lowest BCUT2D eigenvalue weighted by Gasteiger charge is -2.55. The number of halogens is 1. The number of hydrogen-bond donors (Lipinski definition) is 2. The lowest BCUT2D eigenvalue weighted by molar-refractivity contribution is -0.125. The molecule has 1 aromatic heterocycles. The molecule has 5 nitrogen and oxygen atoms in total. The Labute approximate surface area is 188 Å². The number of benzene rings is 1. The van der Waals surface area contributed by atoms with Crippen LogP contribution < -0.4 is 0 Å². The van der Waals surface area contributed by atoms with Gasteiger partial charge in [-0.15, -0.1) is 5.10 Å². The first-order chi connectivity index (χ1) is 15.4. The number of aliphatic hydroxyl groups is 2. The number of nitrogens with zero attached hydrogens (tertiary/aromatic N) is 3. The molecule has 0 spiro atoms. The van der Waals surface area contributed by atoms with Gasteiger partial charge in [0.15, 0.2) is 0 Å². The average Bonchev–Trinajstić information content (AvgIpc) is 3.38. The van der Waals surface area contributed by atoms with Gasteiger partial charge in [-0.1, -0.05) is 23.8 Å². The maximum absolute atomic E-state index is 13.3. The van der Waals surface area contributed by atoms with Crippen LogP contribution in [0.1, 0.15) is 64.0 Å². The molecule has 1 aromatic carbocycles. The fraction of sp³-hybridized carbons (Fsp3) is 0.615. The third-order valence-electron chi connectivity index (χ3n) is 9.59. The molecule has 4 aliphatic carbocycles. The standard InChI is InChI=1S/C26H32FN3O2/c1-25-12-10-21-20-9-7-19(31)14-16(20)2-8-22(21)23(25)11-13-26(25,32)24-15-30(29-28-24)18-5-3-17(27)4-6-18/h3-6,14-15,19-23,31-32H,2,7-13H2,1H3/t19?,20?,21?,22?,23?,25-,26+/m0/s1. The van der Waals surface area contributed by atoms with Gasteiger partial charge in [-0.25, -0.2) is 9.07 Å². The Morgan fingerprint density at radius 3 is 2.66 bits per heavy atom. The highest BCUT2D eigenvalue weighted by atomic mass is 19.1. The van der Waals surface area contributed by atoms with E-state index >= 15 is 0 Å². The predicted octanol–water partition coefficient (Wildman–Crippen LogP) is 4.53. The molecule has 0 saturated heterocycles. The molecule has 0 aliphatic heterocycles. The van der Waals surface area contributed by atoms with Gasteiger partial charge in [-0.05, 0) is 99.3 Å². The van der Waals surface area contributed by atoms with Gasteiger partial charge >= 0.3 is 0 Å².